The second kappa shape index (κ2) is 9.28. The second-order valence-electron chi connectivity index (χ2n) is 7.71. The summed E-state index contributed by atoms with van der Waals surface area (Å²) < 4.78 is 18.9. The fraction of sp³-hybridized carbons (Fsp3) is 0.240. The van der Waals surface area contributed by atoms with E-state index in [-0.39, 0.29) is 24.2 Å². The average molecular weight is 433 g/mol. The Morgan fingerprint density at radius 2 is 1.84 bits per heavy atom. The first-order chi connectivity index (χ1) is 15.5. The van der Waals surface area contributed by atoms with Gasteiger partial charge in [0, 0.05) is 24.9 Å². The van der Waals surface area contributed by atoms with E-state index in [0.717, 1.165) is 5.69 Å². The molecule has 1 aliphatic rings. The van der Waals surface area contributed by atoms with Crippen molar-refractivity contribution < 1.29 is 18.7 Å². The first-order valence-electron chi connectivity index (χ1n) is 10.4. The molecule has 4 rings (SSSR count). The van der Waals surface area contributed by atoms with Gasteiger partial charge in [-0.25, -0.2) is 9.37 Å². The van der Waals surface area contributed by atoms with Gasteiger partial charge in [0.1, 0.15) is 11.6 Å². The Bertz CT molecular complexity index is 1130. The van der Waals surface area contributed by atoms with E-state index >= 15 is 0 Å². The van der Waals surface area contributed by atoms with Gasteiger partial charge in [0.05, 0.1) is 18.6 Å². The topological polar surface area (TPSA) is 71.5 Å². The average Bonchev–Trinajstić information content (AvgIpc) is 2.79. The van der Waals surface area contributed by atoms with E-state index < -0.39 is 12.0 Å². The zero-order valence-corrected chi connectivity index (χ0v) is 17.9. The Hall–Kier alpha value is -3.58. The zero-order valence-electron chi connectivity index (χ0n) is 17.9. The summed E-state index contributed by atoms with van der Waals surface area (Å²) in [6.07, 6.45) is 0. The molecule has 0 radical (unpaired) electrons. The van der Waals surface area contributed by atoms with Gasteiger partial charge < -0.3 is 15.0 Å². The zero-order chi connectivity index (χ0) is 22.7. The Morgan fingerprint density at radius 3 is 2.56 bits per heavy atom. The quantitative estimate of drug-likeness (QED) is 0.636. The lowest BCUT2D eigenvalue weighted by Crippen LogP contribution is -2.47. The molecule has 0 saturated heterocycles. The summed E-state index contributed by atoms with van der Waals surface area (Å²) >= 11 is 0. The molecule has 0 aliphatic carbocycles. The van der Waals surface area contributed by atoms with E-state index in [2.05, 4.69) is 10.3 Å². The number of benzene rings is 2. The van der Waals surface area contributed by atoms with Crippen molar-refractivity contribution in [2.45, 2.75) is 18.9 Å². The van der Waals surface area contributed by atoms with E-state index in [0.29, 0.717) is 29.1 Å². The summed E-state index contributed by atoms with van der Waals surface area (Å²) in [6, 6.07) is 17.8. The molecule has 0 fully saturated rings. The lowest BCUT2D eigenvalue weighted by Gasteiger charge is -2.41. The Kier molecular flexibility index (Phi) is 6.28. The van der Waals surface area contributed by atoms with Crippen molar-refractivity contribution in [3.63, 3.8) is 0 Å². The van der Waals surface area contributed by atoms with Crippen LogP contribution in [-0.4, -0.2) is 42.0 Å². The highest BCUT2D eigenvalue weighted by Crippen LogP contribution is 2.43. The summed E-state index contributed by atoms with van der Waals surface area (Å²) in [4.78, 5) is 33.0. The van der Waals surface area contributed by atoms with Crippen LogP contribution in [0, 0.1) is 12.7 Å². The van der Waals surface area contributed by atoms with Crippen LogP contribution >= 0.6 is 0 Å². The van der Waals surface area contributed by atoms with Crippen LogP contribution in [0.15, 0.2) is 66.7 Å². The number of anilines is 1. The number of aryl methyl sites for hydroxylation is 1. The van der Waals surface area contributed by atoms with Crippen LogP contribution in [0.5, 0.6) is 0 Å². The van der Waals surface area contributed by atoms with Gasteiger partial charge in [-0.3, -0.25) is 9.59 Å². The van der Waals surface area contributed by atoms with Crippen LogP contribution in [0.2, 0.25) is 0 Å². The summed E-state index contributed by atoms with van der Waals surface area (Å²) in [7, 11) is 1.56. The number of aromatic nitrogens is 1. The van der Waals surface area contributed by atoms with E-state index in [1.165, 1.54) is 12.1 Å². The van der Waals surface area contributed by atoms with Crippen molar-refractivity contribution in [1.29, 1.82) is 0 Å². The van der Waals surface area contributed by atoms with E-state index in [1.54, 1.807) is 48.4 Å². The monoisotopic (exact) mass is 433 g/mol. The molecule has 164 valence electrons. The number of carbonyl (C=O) groups excluding carboxylic acids is 2. The minimum Gasteiger partial charge on any atom is -0.383 e. The highest BCUT2D eigenvalue weighted by molar-refractivity contribution is 6.04. The molecule has 2 unspecified atom stereocenters. The highest BCUT2D eigenvalue weighted by atomic mass is 19.1. The van der Waals surface area contributed by atoms with Crippen LogP contribution < -0.4 is 5.32 Å². The molecule has 2 amide bonds. The number of amides is 2. The molecule has 0 saturated carbocycles. The first-order valence-corrected chi connectivity index (χ1v) is 10.4. The lowest BCUT2D eigenvalue weighted by molar-refractivity contribution is -0.119. The summed E-state index contributed by atoms with van der Waals surface area (Å²) in [5, 5.41) is 2.90. The molecule has 1 aromatic heterocycles. The fourth-order valence-electron chi connectivity index (χ4n) is 4.16. The number of nitrogens with zero attached hydrogens (tertiary/aromatic N) is 2. The molecular weight excluding hydrogens is 409 g/mol. The minimum absolute atomic E-state index is 0.190. The van der Waals surface area contributed by atoms with Gasteiger partial charge in [-0.15, -0.1) is 0 Å². The summed E-state index contributed by atoms with van der Waals surface area (Å²) in [5.74, 6) is -1.15. The highest BCUT2D eigenvalue weighted by Gasteiger charge is 2.44. The van der Waals surface area contributed by atoms with Crippen molar-refractivity contribution >= 4 is 17.6 Å². The van der Waals surface area contributed by atoms with Gasteiger partial charge in [0.25, 0.3) is 5.91 Å². The van der Waals surface area contributed by atoms with Gasteiger partial charge in [0.15, 0.2) is 0 Å². The smallest absolute Gasteiger partial charge is 0.254 e. The molecule has 2 atom stereocenters. The fourth-order valence-corrected chi connectivity index (χ4v) is 4.16. The number of ether oxygens (including phenoxy) is 1. The van der Waals surface area contributed by atoms with Crippen LogP contribution in [0.25, 0.3) is 0 Å². The largest absolute Gasteiger partial charge is 0.383 e. The first kappa shape index (κ1) is 21.6. The third-order valence-corrected chi connectivity index (χ3v) is 5.61. The SMILES string of the molecule is COCCN1C(=O)c2ccccc2C(C(=O)Nc2cccc(C)n2)C1c1ccc(F)cc1. The Morgan fingerprint density at radius 1 is 1.09 bits per heavy atom. The normalized spacial score (nSPS) is 17.7. The number of rotatable bonds is 6. The predicted molar refractivity (Wildman–Crippen MR) is 119 cm³/mol. The van der Waals surface area contributed by atoms with Gasteiger partial charge in [-0.05, 0) is 48.4 Å². The molecule has 6 nitrogen and oxygen atoms in total. The molecule has 0 spiro atoms. The maximum Gasteiger partial charge on any atom is 0.254 e. The van der Waals surface area contributed by atoms with Crippen molar-refractivity contribution in [3.05, 3.63) is 94.9 Å². The molecule has 0 bridgehead atoms. The third kappa shape index (κ3) is 4.24. The van der Waals surface area contributed by atoms with E-state index in [1.807, 2.05) is 25.1 Å². The van der Waals surface area contributed by atoms with Crippen LogP contribution in [0.4, 0.5) is 10.2 Å². The van der Waals surface area contributed by atoms with Crippen molar-refractivity contribution in [1.82, 2.24) is 9.88 Å². The molecular formula is C25H24FN3O3. The van der Waals surface area contributed by atoms with E-state index in [9.17, 15) is 14.0 Å². The standard InChI is InChI=1S/C25H24FN3O3/c1-16-6-5-9-21(27-16)28-24(30)22-19-7-3-4-8-20(19)25(31)29(14-15-32-2)23(22)17-10-12-18(26)13-11-17/h3-13,22-23H,14-15H2,1-2H3,(H,27,28,30). The maximum absolute atomic E-state index is 13.7. The number of carbonyl (C=O) groups is 2. The van der Waals surface area contributed by atoms with Gasteiger partial charge in [0.2, 0.25) is 5.91 Å². The number of halogens is 1. The summed E-state index contributed by atoms with van der Waals surface area (Å²) in [5.41, 5.74) is 2.55. The Balaban J connectivity index is 1.83. The lowest BCUT2D eigenvalue weighted by atomic mass is 9.79. The minimum atomic E-state index is -0.714. The van der Waals surface area contributed by atoms with Gasteiger partial charge >= 0.3 is 0 Å². The molecule has 32 heavy (non-hydrogen) atoms. The van der Waals surface area contributed by atoms with E-state index in [4.69, 9.17) is 4.74 Å². The predicted octanol–water partition coefficient (Wildman–Crippen LogP) is 4.09. The van der Waals surface area contributed by atoms with Crippen LogP contribution in [0.1, 0.15) is 39.1 Å². The van der Waals surface area contributed by atoms with Crippen LogP contribution in [0.3, 0.4) is 0 Å². The van der Waals surface area contributed by atoms with Crippen molar-refractivity contribution in [2.24, 2.45) is 0 Å². The molecule has 7 heteroatoms. The number of fused-ring (bicyclic) bond motifs is 1. The van der Waals surface area contributed by atoms with Crippen molar-refractivity contribution in [2.75, 3.05) is 25.6 Å². The number of hydrogen-bond donors (Lipinski definition) is 1. The number of methoxy groups -OCH3 is 1. The third-order valence-electron chi connectivity index (χ3n) is 5.61. The molecule has 1 N–H and O–H groups in total. The number of nitrogens with one attached hydrogen (secondary N) is 1. The number of pyridine rings is 1. The Labute approximate surface area is 186 Å². The number of hydrogen-bond acceptors (Lipinski definition) is 4. The maximum atomic E-state index is 13.7. The summed E-state index contributed by atoms with van der Waals surface area (Å²) in [6.45, 7) is 2.44. The second-order valence-corrected chi connectivity index (χ2v) is 7.71. The van der Waals surface area contributed by atoms with Gasteiger partial charge in [-0.2, -0.15) is 0 Å². The molecule has 1 aliphatic heterocycles. The van der Waals surface area contributed by atoms with Gasteiger partial charge in [-0.1, -0.05) is 36.4 Å². The molecule has 2 aromatic carbocycles. The molecule has 3 aromatic rings. The van der Waals surface area contributed by atoms with Crippen LogP contribution in [-0.2, 0) is 9.53 Å². The molecule has 2 heterocycles. The van der Waals surface area contributed by atoms with Crippen molar-refractivity contribution in [3.8, 4) is 0 Å².